The van der Waals surface area contributed by atoms with Gasteiger partial charge in [-0.3, -0.25) is 0 Å². The molecular formula is C14H8N2S. The zero-order chi connectivity index (χ0) is 11.2. The summed E-state index contributed by atoms with van der Waals surface area (Å²) in [5.41, 5.74) is 1.01. The molecule has 0 spiro atoms. The second-order valence-electron chi connectivity index (χ2n) is 4.00. The number of fused-ring (bicyclic) bond motifs is 5. The summed E-state index contributed by atoms with van der Waals surface area (Å²) in [5.74, 6) is 0. The highest BCUT2D eigenvalue weighted by atomic mass is 32.1. The quantitative estimate of drug-likeness (QED) is 0.461. The Bertz CT molecular complexity index is 848. The second-order valence-corrected chi connectivity index (χ2v) is 5.05. The van der Waals surface area contributed by atoms with Gasteiger partial charge in [-0.25, -0.2) is 9.97 Å². The van der Waals surface area contributed by atoms with E-state index in [0.717, 1.165) is 10.9 Å². The van der Waals surface area contributed by atoms with Crippen molar-refractivity contribution >= 4 is 42.4 Å². The Morgan fingerprint density at radius 3 is 2.82 bits per heavy atom. The molecule has 0 fully saturated rings. The SMILES string of the molecule is c1ccc2c(c1)sc1c3cncnc3ccc21. The molecule has 0 unspecified atom stereocenters. The van der Waals surface area contributed by atoms with Gasteiger partial charge >= 0.3 is 0 Å². The maximum atomic E-state index is 4.30. The molecule has 0 saturated heterocycles. The van der Waals surface area contributed by atoms with E-state index in [0.29, 0.717) is 0 Å². The molecule has 3 heteroatoms. The van der Waals surface area contributed by atoms with E-state index in [2.05, 4.69) is 46.4 Å². The summed E-state index contributed by atoms with van der Waals surface area (Å²) in [7, 11) is 0. The predicted molar refractivity (Wildman–Crippen MR) is 72.4 cm³/mol. The van der Waals surface area contributed by atoms with E-state index in [1.54, 1.807) is 6.33 Å². The first kappa shape index (κ1) is 9.07. The van der Waals surface area contributed by atoms with Gasteiger partial charge in [-0.05, 0) is 12.1 Å². The van der Waals surface area contributed by atoms with E-state index >= 15 is 0 Å². The maximum absolute atomic E-state index is 4.30. The monoisotopic (exact) mass is 236 g/mol. The summed E-state index contributed by atoms with van der Waals surface area (Å²) in [6.07, 6.45) is 3.50. The first-order valence-corrected chi connectivity index (χ1v) is 6.25. The van der Waals surface area contributed by atoms with Gasteiger partial charge in [-0.2, -0.15) is 0 Å². The van der Waals surface area contributed by atoms with Crippen LogP contribution < -0.4 is 0 Å². The summed E-state index contributed by atoms with van der Waals surface area (Å²) in [6.45, 7) is 0. The standard InChI is InChI=1S/C14H8N2S/c1-2-4-13-9(3-1)10-5-6-12-11(14(10)17-13)7-15-8-16-12/h1-8H. The number of aromatic nitrogens is 2. The lowest BCUT2D eigenvalue weighted by Gasteiger charge is -1.96. The van der Waals surface area contributed by atoms with E-state index < -0.39 is 0 Å². The Hall–Kier alpha value is -2.00. The largest absolute Gasteiger partial charge is 0.244 e. The predicted octanol–water partition coefficient (Wildman–Crippen LogP) is 4.00. The van der Waals surface area contributed by atoms with Gasteiger partial charge in [-0.15, -0.1) is 11.3 Å². The second kappa shape index (κ2) is 3.25. The molecule has 4 rings (SSSR count). The van der Waals surface area contributed by atoms with Gasteiger partial charge in [-0.1, -0.05) is 24.3 Å². The van der Waals surface area contributed by atoms with Crippen LogP contribution in [0, 0.1) is 0 Å². The number of hydrogen-bond donors (Lipinski definition) is 0. The van der Waals surface area contributed by atoms with E-state index in [9.17, 15) is 0 Å². The van der Waals surface area contributed by atoms with Gasteiger partial charge < -0.3 is 0 Å². The molecular weight excluding hydrogens is 228 g/mol. The molecule has 0 aliphatic carbocycles. The lowest BCUT2D eigenvalue weighted by atomic mass is 10.1. The van der Waals surface area contributed by atoms with Crippen LogP contribution in [0.25, 0.3) is 31.1 Å². The van der Waals surface area contributed by atoms with Crippen molar-refractivity contribution in [1.82, 2.24) is 9.97 Å². The Kier molecular flexibility index (Phi) is 1.73. The average molecular weight is 236 g/mol. The van der Waals surface area contributed by atoms with Gasteiger partial charge in [0.15, 0.2) is 0 Å². The fraction of sp³-hybridized carbons (Fsp3) is 0. The fourth-order valence-corrected chi connectivity index (χ4v) is 3.45. The van der Waals surface area contributed by atoms with E-state index in [1.807, 2.05) is 17.5 Å². The molecule has 2 aromatic carbocycles. The molecule has 0 N–H and O–H groups in total. The van der Waals surface area contributed by atoms with Crippen molar-refractivity contribution in [1.29, 1.82) is 0 Å². The normalized spacial score (nSPS) is 11.5. The zero-order valence-corrected chi connectivity index (χ0v) is 9.74. The minimum absolute atomic E-state index is 1.01. The smallest absolute Gasteiger partial charge is 0.116 e. The molecule has 0 atom stereocenters. The Labute approximate surface area is 102 Å². The van der Waals surface area contributed by atoms with Crippen LogP contribution >= 0.6 is 11.3 Å². The third-order valence-corrected chi connectivity index (χ3v) is 4.25. The van der Waals surface area contributed by atoms with Crippen molar-refractivity contribution in [2.75, 3.05) is 0 Å². The van der Waals surface area contributed by atoms with Crippen molar-refractivity contribution in [3.8, 4) is 0 Å². The van der Waals surface area contributed by atoms with E-state index in [4.69, 9.17) is 0 Å². The van der Waals surface area contributed by atoms with Crippen molar-refractivity contribution in [3.05, 3.63) is 48.9 Å². The molecule has 0 radical (unpaired) electrons. The number of rotatable bonds is 0. The van der Waals surface area contributed by atoms with Crippen LogP contribution in [0.3, 0.4) is 0 Å². The third kappa shape index (κ3) is 1.20. The summed E-state index contributed by atoms with van der Waals surface area (Å²) >= 11 is 1.81. The van der Waals surface area contributed by atoms with Crippen LogP contribution in [0.5, 0.6) is 0 Å². The lowest BCUT2D eigenvalue weighted by Crippen LogP contribution is -1.79. The summed E-state index contributed by atoms with van der Waals surface area (Å²) in [5, 5.41) is 3.76. The van der Waals surface area contributed by atoms with Gasteiger partial charge in [0.25, 0.3) is 0 Å². The fourth-order valence-electron chi connectivity index (χ4n) is 2.24. The lowest BCUT2D eigenvalue weighted by molar-refractivity contribution is 1.23. The van der Waals surface area contributed by atoms with Crippen LogP contribution in [-0.4, -0.2) is 9.97 Å². The maximum Gasteiger partial charge on any atom is 0.116 e. The average Bonchev–Trinajstić information content (AvgIpc) is 2.78. The molecule has 0 amide bonds. The number of thiophene rings is 1. The molecule has 80 valence electrons. The third-order valence-electron chi connectivity index (χ3n) is 3.03. The Morgan fingerprint density at radius 1 is 0.882 bits per heavy atom. The highest BCUT2D eigenvalue weighted by Crippen LogP contribution is 2.37. The van der Waals surface area contributed by atoms with Crippen LogP contribution in [0.2, 0.25) is 0 Å². The van der Waals surface area contributed by atoms with Crippen molar-refractivity contribution < 1.29 is 0 Å². The minimum Gasteiger partial charge on any atom is -0.244 e. The van der Waals surface area contributed by atoms with Crippen molar-refractivity contribution in [2.45, 2.75) is 0 Å². The number of nitrogens with zero attached hydrogens (tertiary/aromatic N) is 2. The summed E-state index contributed by atoms with van der Waals surface area (Å²) < 4.78 is 2.60. The van der Waals surface area contributed by atoms with Gasteiger partial charge in [0.1, 0.15) is 6.33 Å². The van der Waals surface area contributed by atoms with Crippen LogP contribution in [0.4, 0.5) is 0 Å². The number of benzene rings is 2. The molecule has 2 nitrogen and oxygen atoms in total. The molecule has 17 heavy (non-hydrogen) atoms. The first-order chi connectivity index (χ1) is 8.43. The van der Waals surface area contributed by atoms with E-state index in [-0.39, 0.29) is 0 Å². The highest BCUT2D eigenvalue weighted by Gasteiger charge is 2.07. The molecule has 0 saturated carbocycles. The van der Waals surface area contributed by atoms with Gasteiger partial charge in [0.2, 0.25) is 0 Å². The van der Waals surface area contributed by atoms with Gasteiger partial charge in [0.05, 0.1) is 5.52 Å². The first-order valence-electron chi connectivity index (χ1n) is 5.43. The van der Waals surface area contributed by atoms with Crippen LogP contribution in [-0.2, 0) is 0 Å². The Balaban J connectivity index is 2.34. The zero-order valence-electron chi connectivity index (χ0n) is 8.92. The molecule has 4 aromatic rings. The van der Waals surface area contributed by atoms with E-state index in [1.165, 1.54) is 20.2 Å². The van der Waals surface area contributed by atoms with Crippen LogP contribution in [0.15, 0.2) is 48.9 Å². The molecule has 0 aliphatic rings. The highest BCUT2D eigenvalue weighted by molar-refractivity contribution is 7.26. The van der Waals surface area contributed by atoms with Crippen LogP contribution in [0.1, 0.15) is 0 Å². The minimum atomic E-state index is 1.01. The summed E-state index contributed by atoms with van der Waals surface area (Å²) in [6, 6.07) is 12.7. The van der Waals surface area contributed by atoms with Crippen molar-refractivity contribution in [3.63, 3.8) is 0 Å². The molecule has 0 aliphatic heterocycles. The Morgan fingerprint density at radius 2 is 1.82 bits per heavy atom. The topological polar surface area (TPSA) is 25.8 Å². The molecule has 0 bridgehead atoms. The molecule has 2 aromatic heterocycles. The number of hydrogen-bond acceptors (Lipinski definition) is 3. The molecule has 2 heterocycles. The summed E-state index contributed by atoms with van der Waals surface area (Å²) in [4.78, 5) is 8.43. The van der Waals surface area contributed by atoms with Gasteiger partial charge in [0, 0.05) is 31.8 Å². The van der Waals surface area contributed by atoms with Crippen molar-refractivity contribution in [2.24, 2.45) is 0 Å².